The zero-order valence-corrected chi connectivity index (χ0v) is 16.8. The molecule has 4 aromatic rings. The number of para-hydroxylation sites is 2. The van der Waals surface area contributed by atoms with Gasteiger partial charge in [-0.25, -0.2) is 18.4 Å². The summed E-state index contributed by atoms with van der Waals surface area (Å²) in [6.07, 6.45) is 0.488. The van der Waals surface area contributed by atoms with Crippen LogP contribution in [0.1, 0.15) is 17.0 Å². The Labute approximate surface area is 170 Å². The van der Waals surface area contributed by atoms with Crippen molar-refractivity contribution in [2.24, 2.45) is 0 Å². The molecule has 1 aromatic heterocycles. The van der Waals surface area contributed by atoms with Gasteiger partial charge in [0.15, 0.2) is 9.84 Å². The lowest BCUT2D eigenvalue weighted by Crippen LogP contribution is -2.11. The smallest absolute Gasteiger partial charge is 0.184 e. The van der Waals surface area contributed by atoms with E-state index in [1.54, 1.807) is 37.4 Å². The SMILES string of the molecule is COc1ccc(Cc2nc3ccccc3nc2CS(=O)(=O)c2ccccc2)cc1. The molecule has 0 aliphatic heterocycles. The number of nitrogens with zero attached hydrogens (tertiary/aromatic N) is 2. The van der Waals surface area contributed by atoms with Crippen LogP contribution in [0.3, 0.4) is 0 Å². The van der Waals surface area contributed by atoms with E-state index in [0.717, 1.165) is 16.8 Å². The van der Waals surface area contributed by atoms with Gasteiger partial charge in [-0.1, -0.05) is 42.5 Å². The molecule has 0 aliphatic rings. The van der Waals surface area contributed by atoms with Crippen LogP contribution >= 0.6 is 0 Å². The number of rotatable bonds is 6. The molecule has 6 heteroatoms. The number of hydrogen-bond donors (Lipinski definition) is 0. The lowest BCUT2D eigenvalue weighted by atomic mass is 10.1. The lowest BCUT2D eigenvalue weighted by Gasteiger charge is -2.11. The van der Waals surface area contributed by atoms with Crippen LogP contribution < -0.4 is 4.74 Å². The topological polar surface area (TPSA) is 69.2 Å². The van der Waals surface area contributed by atoms with E-state index in [1.807, 2.05) is 48.5 Å². The monoisotopic (exact) mass is 404 g/mol. The maximum absolute atomic E-state index is 12.9. The van der Waals surface area contributed by atoms with Crippen molar-refractivity contribution < 1.29 is 13.2 Å². The van der Waals surface area contributed by atoms with Gasteiger partial charge in [0.2, 0.25) is 0 Å². The quantitative estimate of drug-likeness (QED) is 0.482. The number of methoxy groups -OCH3 is 1. The average molecular weight is 404 g/mol. The second-order valence-electron chi connectivity index (χ2n) is 6.70. The van der Waals surface area contributed by atoms with E-state index >= 15 is 0 Å². The summed E-state index contributed by atoms with van der Waals surface area (Å²) in [5.41, 5.74) is 3.58. The fraction of sp³-hybridized carbons (Fsp3) is 0.130. The van der Waals surface area contributed by atoms with Crippen molar-refractivity contribution in [1.82, 2.24) is 9.97 Å². The Morgan fingerprint density at radius 3 is 1.97 bits per heavy atom. The molecule has 146 valence electrons. The van der Waals surface area contributed by atoms with Crippen LogP contribution in [-0.4, -0.2) is 25.5 Å². The van der Waals surface area contributed by atoms with Crippen LogP contribution in [0.5, 0.6) is 5.75 Å². The van der Waals surface area contributed by atoms with E-state index < -0.39 is 9.84 Å². The molecule has 0 saturated heterocycles. The lowest BCUT2D eigenvalue weighted by molar-refractivity contribution is 0.414. The van der Waals surface area contributed by atoms with Gasteiger partial charge in [-0.2, -0.15) is 0 Å². The first-order chi connectivity index (χ1) is 14.0. The van der Waals surface area contributed by atoms with Crippen molar-refractivity contribution in [3.63, 3.8) is 0 Å². The second-order valence-corrected chi connectivity index (χ2v) is 8.69. The van der Waals surface area contributed by atoms with E-state index in [1.165, 1.54) is 0 Å². The van der Waals surface area contributed by atoms with Gasteiger partial charge in [-0.05, 0) is 42.0 Å². The average Bonchev–Trinajstić information content (AvgIpc) is 2.75. The molecule has 0 fully saturated rings. The highest BCUT2D eigenvalue weighted by Gasteiger charge is 2.20. The number of fused-ring (bicyclic) bond motifs is 1. The van der Waals surface area contributed by atoms with Crippen LogP contribution in [-0.2, 0) is 22.0 Å². The molecule has 0 unspecified atom stereocenters. The molecule has 0 atom stereocenters. The number of sulfone groups is 1. The van der Waals surface area contributed by atoms with E-state index in [4.69, 9.17) is 9.72 Å². The van der Waals surface area contributed by atoms with Crippen molar-refractivity contribution in [2.75, 3.05) is 7.11 Å². The molecular formula is C23H20N2O3S. The Morgan fingerprint density at radius 2 is 1.34 bits per heavy atom. The molecule has 0 spiro atoms. The van der Waals surface area contributed by atoms with Gasteiger partial charge in [-0.3, -0.25) is 0 Å². The summed E-state index contributed by atoms with van der Waals surface area (Å²) in [7, 11) is -1.91. The molecule has 0 bridgehead atoms. The van der Waals surface area contributed by atoms with Crippen LogP contribution in [0, 0.1) is 0 Å². The highest BCUT2D eigenvalue weighted by molar-refractivity contribution is 7.90. The molecule has 0 radical (unpaired) electrons. The fourth-order valence-corrected chi connectivity index (χ4v) is 4.49. The standard InChI is InChI=1S/C23H20N2O3S/c1-28-18-13-11-17(12-14-18)15-22-23(25-21-10-6-5-9-20(21)24-22)16-29(26,27)19-7-3-2-4-8-19/h2-14H,15-16H2,1H3. The largest absolute Gasteiger partial charge is 0.497 e. The Kier molecular flexibility index (Phi) is 5.27. The van der Waals surface area contributed by atoms with Gasteiger partial charge in [0.25, 0.3) is 0 Å². The third kappa shape index (κ3) is 4.27. The fourth-order valence-electron chi connectivity index (χ4n) is 3.16. The molecule has 1 heterocycles. The second kappa shape index (κ2) is 8.01. The van der Waals surface area contributed by atoms with Gasteiger partial charge < -0.3 is 4.74 Å². The van der Waals surface area contributed by atoms with Gasteiger partial charge in [-0.15, -0.1) is 0 Å². The maximum atomic E-state index is 12.9. The van der Waals surface area contributed by atoms with E-state index in [2.05, 4.69) is 4.98 Å². The zero-order valence-electron chi connectivity index (χ0n) is 15.9. The summed E-state index contributed by atoms with van der Waals surface area (Å²) in [4.78, 5) is 9.66. The van der Waals surface area contributed by atoms with Crippen molar-refractivity contribution in [2.45, 2.75) is 17.1 Å². The highest BCUT2D eigenvalue weighted by atomic mass is 32.2. The molecule has 5 nitrogen and oxygen atoms in total. The number of ether oxygens (including phenoxy) is 1. The maximum Gasteiger partial charge on any atom is 0.184 e. The number of hydrogen-bond acceptors (Lipinski definition) is 5. The summed E-state index contributed by atoms with van der Waals surface area (Å²) in [6.45, 7) is 0. The molecule has 0 aliphatic carbocycles. The number of benzene rings is 3. The third-order valence-corrected chi connectivity index (χ3v) is 6.33. The normalized spacial score (nSPS) is 11.5. The van der Waals surface area contributed by atoms with Crippen LogP contribution in [0.25, 0.3) is 11.0 Å². The Hall–Kier alpha value is -3.25. The molecule has 29 heavy (non-hydrogen) atoms. The van der Waals surface area contributed by atoms with E-state index in [0.29, 0.717) is 23.3 Å². The van der Waals surface area contributed by atoms with Crippen molar-refractivity contribution in [3.05, 3.63) is 95.8 Å². The molecule has 0 N–H and O–H groups in total. The van der Waals surface area contributed by atoms with E-state index in [-0.39, 0.29) is 10.6 Å². The summed E-state index contributed by atoms with van der Waals surface area (Å²) >= 11 is 0. The Bertz CT molecular complexity index is 1240. The first kappa shape index (κ1) is 19.1. The predicted molar refractivity (Wildman–Crippen MR) is 113 cm³/mol. The molecular weight excluding hydrogens is 384 g/mol. The summed E-state index contributed by atoms with van der Waals surface area (Å²) in [5, 5.41) is 0. The minimum absolute atomic E-state index is 0.194. The van der Waals surface area contributed by atoms with Crippen molar-refractivity contribution >= 4 is 20.9 Å². The molecule has 0 saturated carbocycles. The summed E-state index contributed by atoms with van der Waals surface area (Å²) < 4.78 is 31.1. The first-order valence-corrected chi connectivity index (χ1v) is 10.9. The molecule has 4 rings (SSSR count). The van der Waals surface area contributed by atoms with Gasteiger partial charge >= 0.3 is 0 Å². The van der Waals surface area contributed by atoms with Gasteiger partial charge in [0, 0.05) is 6.42 Å². The minimum atomic E-state index is -3.53. The van der Waals surface area contributed by atoms with Crippen LogP contribution in [0.4, 0.5) is 0 Å². The Morgan fingerprint density at radius 1 is 0.759 bits per heavy atom. The Balaban J connectivity index is 1.75. The predicted octanol–water partition coefficient (Wildman–Crippen LogP) is 4.20. The first-order valence-electron chi connectivity index (χ1n) is 9.20. The third-order valence-electron chi connectivity index (χ3n) is 4.69. The van der Waals surface area contributed by atoms with Crippen LogP contribution in [0.15, 0.2) is 83.8 Å². The van der Waals surface area contributed by atoms with Crippen LogP contribution in [0.2, 0.25) is 0 Å². The van der Waals surface area contributed by atoms with Crippen molar-refractivity contribution in [1.29, 1.82) is 0 Å². The van der Waals surface area contributed by atoms with Gasteiger partial charge in [0.1, 0.15) is 5.75 Å². The summed E-state index contributed by atoms with van der Waals surface area (Å²) in [5.74, 6) is 0.575. The molecule has 3 aromatic carbocycles. The highest BCUT2D eigenvalue weighted by Crippen LogP contribution is 2.22. The minimum Gasteiger partial charge on any atom is -0.497 e. The van der Waals surface area contributed by atoms with Gasteiger partial charge in [0.05, 0.1) is 40.2 Å². The van der Waals surface area contributed by atoms with E-state index in [9.17, 15) is 8.42 Å². The molecule has 0 amide bonds. The summed E-state index contributed by atoms with van der Waals surface area (Å²) in [6, 6.07) is 23.6. The number of aromatic nitrogens is 2. The van der Waals surface area contributed by atoms with Crippen molar-refractivity contribution in [3.8, 4) is 5.75 Å². The zero-order chi connectivity index (χ0) is 20.3.